The van der Waals surface area contributed by atoms with E-state index in [1.807, 2.05) is 0 Å². The van der Waals surface area contributed by atoms with Gasteiger partial charge in [-0.3, -0.25) is 4.79 Å². The van der Waals surface area contributed by atoms with E-state index in [1.165, 1.54) is 31.3 Å². The SMILES string of the molecule is C=CCOCC1(c2ccc(Cl)cc2)C(=O)N(c2ccc(C#N)c(C(F)(F)F)c2)C(=O)N1C. The van der Waals surface area contributed by atoms with Crippen molar-refractivity contribution in [2.24, 2.45) is 0 Å². The van der Waals surface area contributed by atoms with Crippen molar-refractivity contribution in [2.45, 2.75) is 11.7 Å². The monoisotopic (exact) mass is 463 g/mol. The van der Waals surface area contributed by atoms with Crippen LogP contribution in [0.15, 0.2) is 55.1 Å². The standard InChI is InChI=1S/C22H17ClF3N3O3/c1-3-10-32-13-21(15-5-7-16(23)8-6-15)19(30)29(20(31)28(21)2)17-9-4-14(12-27)18(11-17)22(24,25)26/h3-9,11H,1,10,13H2,2H3. The molecule has 1 aliphatic rings. The summed E-state index contributed by atoms with van der Waals surface area (Å²) in [5, 5.41) is 9.41. The molecule has 0 spiro atoms. The van der Waals surface area contributed by atoms with Crippen molar-refractivity contribution in [3.63, 3.8) is 0 Å². The van der Waals surface area contributed by atoms with Crippen LogP contribution < -0.4 is 4.90 Å². The minimum absolute atomic E-state index is 0.0831. The summed E-state index contributed by atoms with van der Waals surface area (Å²) in [6.45, 7) is 3.37. The van der Waals surface area contributed by atoms with Gasteiger partial charge in [-0.05, 0) is 35.9 Å². The van der Waals surface area contributed by atoms with Gasteiger partial charge in [0.05, 0.1) is 36.1 Å². The number of hydrogen-bond acceptors (Lipinski definition) is 4. The Morgan fingerprint density at radius 3 is 2.44 bits per heavy atom. The van der Waals surface area contributed by atoms with Crippen molar-refractivity contribution in [2.75, 3.05) is 25.2 Å². The number of alkyl halides is 3. The Morgan fingerprint density at radius 2 is 1.88 bits per heavy atom. The molecule has 0 bridgehead atoms. The van der Waals surface area contributed by atoms with Crippen LogP contribution in [0.3, 0.4) is 0 Å². The molecule has 1 heterocycles. The van der Waals surface area contributed by atoms with Gasteiger partial charge in [0, 0.05) is 12.1 Å². The number of hydrogen-bond donors (Lipinski definition) is 0. The molecule has 32 heavy (non-hydrogen) atoms. The molecule has 1 saturated heterocycles. The molecule has 3 rings (SSSR count). The molecule has 0 N–H and O–H groups in total. The number of halogens is 4. The first-order chi connectivity index (χ1) is 15.1. The first-order valence-corrected chi connectivity index (χ1v) is 9.64. The first kappa shape index (κ1) is 23.3. The molecule has 6 nitrogen and oxygen atoms in total. The number of ether oxygens (including phenoxy) is 1. The molecule has 0 aromatic heterocycles. The molecule has 2 aromatic rings. The van der Waals surface area contributed by atoms with E-state index < -0.39 is 34.8 Å². The number of likely N-dealkylation sites (N-methyl/N-ethyl adjacent to an activating group) is 1. The number of carbonyl (C=O) groups is 2. The van der Waals surface area contributed by atoms with E-state index in [2.05, 4.69) is 6.58 Å². The highest BCUT2D eigenvalue weighted by atomic mass is 35.5. The van der Waals surface area contributed by atoms with Gasteiger partial charge in [-0.2, -0.15) is 18.4 Å². The van der Waals surface area contributed by atoms with Crippen molar-refractivity contribution in [1.82, 2.24) is 4.90 Å². The van der Waals surface area contributed by atoms with Crippen molar-refractivity contribution in [1.29, 1.82) is 5.26 Å². The number of anilines is 1. The normalized spacial score (nSPS) is 18.8. The molecule has 1 fully saturated rings. The molecule has 0 radical (unpaired) electrons. The fourth-order valence-corrected chi connectivity index (χ4v) is 3.66. The summed E-state index contributed by atoms with van der Waals surface area (Å²) in [6, 6.07) is 9.45. The Hall–Kier alpha value is -3.35. The molecule has 2 aromatic carbocycles. The lowest BCUT2D eigenvalue weighted by Crippen LogP contribution is -2.49. The quantitative estimate of drug-likeness (QED) is 0.353. The Bertz CT molecular complexity index is 1110. The van der Waals surface area contributed by atoms with Crippen LogP contribution in [0, 0.1) is 11.3 Å². The largest absolute Gasteiger partial charge is 0.417 e. The van der Waals surface area contributed by atoms with Crippen LogP contribution in [0.4, 0.5) is 23.7 Å². The molecule has 0 saturated carbocycles. The number of imide groups is 1. The molecular formula is C22H17ClF3N3O3. The van der Waals surface area contributed by atoms with Crippen LogP contribution in [0.25, 0.3) is 0 Å². The maximum atomic E-state index is 13.6. The minimum atomic E-state index is -4.85. The molecule has 1 aliphatic heterocycles. The second-order valence-electron chi connectivity index (χ2n) is 6.99. The van der Waals surface area contributed by atoms with Gasteiger partial charge in [-0.1, -0.05) is 29.8 Å². The van der Waals surface area contributed by atoms with Crippen molar-refractivity contribution < 1.29 is 27.5 Å². The van der Waals surface area contributed by atoms with Crippen molar-refractivity contribution >= 4 is 29.2 Å². The van der Waals surface area contributed by atoms with Crippen LogP contribution in [0.5, 0.6) is 0 Å². The second kappa shape index (κ2) is 8.65. The van der Waals surface area contributed by atoms with E-state index >= 15 is 0 Å². The molecule has 1 unspecified atom stereocenters. The van der Waals surface area contributed by atoms with Crippen LogP contribution in [-0.2, 0) is 21.2 Å². The van der Waals surface area contributed by atoms with Crippen LogP contribution in [0.2, 0.25) is 5.02 Å². The summed E-state index contributed by atoms with van der Waals surface area (Å²) in [6.07, 6.45) is -3.38. The predicted octanol–water partition coefficient (Wildman–Crippen LogP) is 4.73. The number of nitrogens with zero attached hydrogens (tertiary/aromatic N) is 3. The lowest BCUT2D eigenvalue weighted by molar-refractivity contribution is -0.137. The molecule has 166 valence electrons. The van der Waals surface area contributed by atoms with Crippen LogP contribution in [0.1, 0.15) is 16.7 Å². The van der Waals surface area contributed by atoms with E-state index in [9.17, 15) is 22.8 Å². The van der Waals surface area contributed by atoms with E-state index in [4.69, 9.17) is 21.6 Å². The number of rotatable bonds is 6. The third-order valence-corrected chi connectivity index (χ3v) is 5.42. The topological polar surface area (TPSA) is 73.6 Å². The lowest BCUT2D eigenvalue weighted by atomic mass is 9.89. The van der Waals surface area contributed by atoms with Gasteiger partial charge in [0.1, 0.15) is 0 Å². The number of urea groups is 1. The van der Waals surface area contributed by atoms with E-state index in [1.54, 1.807) is 12.1 Å². The number of carbonyl (C=O) groups excluding carboxylic acids is 2. The average Bonchev–Trinajstić information content (AvgIpc) is 2.94. The van der Waals surface area contributed by atoms with Gasteiger partial charge in [0.15, 0.2) is 5.54 Å². The zero-order valence-corrected chi connectivity index (χ0v) is 17.6. The maximum Gasteiger partial charge on any atom is 0.417 e. The van der Waals surface area contributed by atoms with E-state index in [-0.39, 0.29) is 18.9 Å². The molecule has 10 heteroatoms. The van der Waals surface area contributed by atoms with Crippen molar-refractivity contribution in [3.05, 3.63) is 76.8 Å². The summed E-state index contributed by atoms with van der Waals surface area (Å²) >= 11 is 5.95. The highest BCUT2D eigenvalue weighted by molar-refractivity contribution is 6.30. The smallest absolute Gasteiger partial charge is 0.374 e. The first-order valence-electron chi connectivity index (χ1n) is 9.26. The van der Waals surface area contributed by atoms with Gasteiger partial charge in [-0.15, -0.1) is 6.58 Å². The zero-order chi connectivity index (χ0) is 23.7. The average molecular weight is 464 g/mol. The zero-order valence-electron chi connectivity index (χ0n) is 16.8. The second-order valence-corrected chi connectivity index (χ2v) is 7.43. The fourth-order valence-electron chi connectivity index (χ4n) is 3.53. The molecule has 1 atom stereocenters. The Balaban J connectivity index is 2.16. The summed E-state index contributed by atoms with van der Waals surface area (Å²) in [4.78, 5) is 28.5. The van der Waals surface area contributed by atoms with Crippen molar-refractivity contribution in [3.8, 4) is 6.07 Å². The van der Waals surface area contributed by atoms with E-state index in [0.717, 1.165) is 17.0 Å². The van der Waals surface area contributed by atoms with Crippen LogP contribution >= 0.6 is 11.6 Å². The minimum Gasteiger partial charge on any atom is -0.374 e. The lowest BCUT2D eigenvalue weighted by Gasteiger charge is -2.32. The fraction of sp³-hybridized carbons (Fsp3) is 0.227. The van der Waals surface area contributed by atoms with Gasteiger partial charge in [-0.25, -0.2) is 9.69 Å². The van der Waals surface area contributed by atoms with Gasteiger partial charge in [0.25, 0.3) is 5.91 Å². The predicted molar refractivity (Wildman–Crippen MR) is 111 cm³/mol. The molecule has 0 aliphatic carbocycles. The summed E-state index contributed by atoms with van der Waals surface area (Å²) in [7, 11) is 1.36. The highest BCUT2D eigenvalue weighted by Crippen LogP contribution is 2.41. The third-order valence-electron chi connectivity index (χ3n) is 5.16. The van der Waals surface area contributed by atoms with Gasteiger partial charge >= 0.3 is 12.2 Å². The summed E-state index contributed by atoms with van der Waals surface area (Å²) < 4.78 is 45.9. The van der Waals surface area contributed by atoms with Gasteiger partial charge in [0.2, 0.25) is 0 Å². The Kier molecular flexibility index (Phi) is 6.30. The Morgan fingerprint density at radius 1 is 1.22 bits per heavy atom. The number of nitriles is 1. The summed E-state index contributed by atoms with van der Waals surface area (Å²) in [5.74, 6) is -0.797. The molecular weight excluding hydrogens is 447 g/mol. The van der Waals surface area contributed by atoms with E-state index in [0.29, 0.717) is 21.6 Å². The van der Waals surface area contributed by atoms with Gasteiger partial charge < -0.3 is 9.64 Å². The molecule has 3 amide bonds. The number of benzene rings is 2. The number of amides is 3. The van der Waals surface area contributed by atoms with Crippen LogP contribution in [-0.4, -0.2) is 37.1 Å². The Labute approximate surface area is 187 Å². The summed E-state index contributed by atoms with van der Waals surface area (Å²) in [5.41, 5.74) is -3.44. The highest BCUT2D eigenvalue weighted by Gasteiger charge is 2.58. The maximum absolute atomic E-state index is 13.6. The third kappa shape index (κ3) is 3.83.